The van der Waals surface area contributed by atoms with Crippen molar-refractivity contribution in [3.63, 3.8) is 0 Å². The van der Waals surface area contributed by atoms with Gasteiger partial charge in [0.2, 0.25) is 0 Å². The Morgan fingerprint density at radius 3 is 2.61 bits per heavy atom. The molecule has 1 N–H and O–H groups in total. The molecule has 0 aliphatic rings. The molecule has 0 atom stereocenters. The van der Waals surface area contributed by atoms with Crippen LogP contribution in [0.5, 0.6) is 0 Å². The molecule has 0 fully saturated rings. The van der Waals surface area contributed by atoms with Crippen LogP contribution in [0.3, 0.4) is 0 Å². The Kier molecular flexibility index (Phi) is 4.73. The monoisotopic (exact) mass is 327 g/mol. The number of benzene rings is 1. The van der Waals surface area contributed by atoms with Gasteiger partial charge in [0.25, 0.3) is 5.91 Å². The lowest BCUT2D eigenvalue weighted by Crippen LogP contribution is -2.25. The number of carbonyl (C=O) groups is 1. The van der Waals surface area contributed by atoms with Crippen molar-refractivity contribution >= 4 is 17.2 Å². The number of halogens is 1. The molecular weight excluding hydrogens is 313 g/mol. The Bertz CT molecular complexity index is 787. The molecule has 1 aromatic carbocycles. The van der Waals surface area contributed by atoms with Crippen molar-refractivity contribution < 1.29 is 9.18 Å². The number of thiazole rings is 1. The Labute approximate surface area is 137 Å². The summed E-state index contributed by atoms with van der Waals surface area (Å²) in [4.78, 5) is 20.5. The van der Waals surface area contributed by atoms with Gasteiger partial charge >= 0.3 is 0 Å². The lowest BCUT2D eigenvalue weighted by atomic mass is 10.2. The third-order valence-electron chi connectivity index (χ3n) is 3.26. The van der Waals surface area contributed by atoms with E-state index in [1.165, 1.54) is 24.3 Å². The summed E-state index contributed by atoms with van der Waals surface area (Å²) in [5.74, 6) is -0.566. The molecule has 0 bridgehead atoms. The van der Waals surface area contributed by atoms with Gasteiger partial charge in [-0.1, -0.05) is 0 Å². The number of amides is 1. The van der Waals surface area contributed by atoms with Crippen molar-refractivity contribution in [3.05, 3.63) is 70.6 Å². The second-order valence-corrected chi connectivity index (χ2v) is 5.82. The smallest absolute Gasteiger partial charge is 0.251 e. The summed E-state index contributed by atoms with van der Waals surface area (Å²) in [6.07, 6.45) is 4.12. The van der Waals surface area contributed by atoms with Crippen LogP contribution in [0.25, 0.3) is 11.3 Å². The molecule has 116 valence electrons. The first kappa shape index (κ1) is 15.3. The molecule has 2 heterocycles. The van der Waals surface area contributed by atoms with Crippen LogP contribution >= 0.6 is 11.3 Å². The molecule has 0 aliphatic carbocycles. The minimum Gasteiger partial charge on any atom is -0.352 e. The number of hydrogen-bond donors (Lipinski definition) is 1. The number of nitrogens with one attached hydrogen (secondary N) is 1. The van der Waals surface area contributed by atoms with E-state index in [2.05, 4.69) is 15.3 Å². The molecule has 6 heteroatoms. The van der Waals surface area contributed by atoms with Crippen molar-refractivity contribution in [3.8, 4) is 11.3 Å². The highest BCUT2D eigenvalue weighted by atomic mass is 32.1. The molecule has 23 heavy (non-hydrogen) atoms. The first-order chi connectivity index (χ1) is 11.2. The van der Waals surface area contributed by atoms with Crippen molar-refractivity contribution in [1.29, 1.82) is 0 Å². The predicted octanol–water partition coefficient (Wildman–Crippen LogP) is 3.32. The molecule has 3 aromatic rings. The number of rotatable bonds is 5. The number of carbonyl (C=O) groups excluding carboxylic acids is 1. The molecule has 1 amide bonds. The predicted molar refractivity (Wildman–Crippen MR) is 87.8 cm³/mol. The molecule has 0 radical (unpaired) electrons. The summed E-state index contributed by atoms with van der Waals surface area (Å²) in [6, 6.07) is 9.31. The van der Waals surface area contributed by atoms with Crippen LogP contribution in [-0.2, 0) is 6.42 Å². The van der Waals surface area contributed by atoms with Crippen LogP contribution in [0.15, 0.2) is 54.2 Å². The van der Waals surface area contributed by atoms with Crippen molar-refractivity contribution in [2.75, 3.05) is 6.54 Å². The number of aromatic nitrogens is 2. The van der Waals surface area contributed by atoms with E-state index in [1.54, 1.807) is 23.7 Å². The lowest BCUT2D eigenvalue weighted by Gasteiger charge is -2.03. The van der Waals surface area contributed by atoms with E-state index >= 15 is 0 Å². The van der Waals surface area contributed by atoms with Gasteiger partial charge in [-0.25, -0.2) is 9.37 Å². The quantitative estimate of drug-likeness (QED) is 0.782. The van der Waals surface area contributed by atoms with E-state index in [-0.39, 0.29) is 11.7 Å². The fourth-order valence-corrected chi connectivity index (χ4v) is 2.87. The van der Waals surface area contributed by atoms with Gasteiger partial charge in [0.15, 0.2) is 0 Å². The zero-order chi connectivity index (χ0) is 16.1. The van der Waals surface area contributed by atoms with Crippen LogP contribution in [0.2, 0.25) is 0 Å². The average molecular weight is 327 g/mol. The normalized spacial score (nSPS) is 10.5. The first-order valence-electron chi connectivity index (χ1n) is 7.11. The summed E-state index contributed by atoms with van der Waals surface area (Å²) in [6.45, 7) is 0.486. The second-order valence-electron chi connectivity index (χ2n) is 4.88. The fourth-order valence-electron chi connectivity index (χ4n) is 2.07. The maximum atomic E-state index is 12.8. The fraction of sp³-hybridized carbons (Fsp3) is 0.118. The first-order valence-corrected chi connectivity index (χ1v) is 7.99. The lowest BCUT2D eigenvalue weighted by molar-refractivity contribution is 0.0954. The summed E-state index contributed by atoms with van der Waals surface area (Å²) in [5, 5.41) is 5.76. The second kappa shape index (κ2) is 7.11. The Morgan fingerprint density at radius 1 is 1.13 bits per heavy atom. The van der Waals surface area contributed by atoms with Crippen LogP contribution in [0.4, 0.5) is 4.39 Å². The minimum absolute atomic E-state index is 0.212. The zero-order valence-corrected chi connectivity index (χ0v) is 13.0. The van der Waals surface area contributed by atoms with Gasteiger partial charge in [-0.3, -0.25) is 9.78 Å². The highest BCUT2D eigenvalue weighted by Gasteiger charge is 2.07. The molecule has 0 aliphatic heterocycles. The van der Waals surface area contributed by atoms with E-state index < -0.39 is 0 Å². The Morgan fingerprint density at radius 2 is 1.87 bits per heavy atom. The number of hydrogen-bond acceptors (Lipinski definition) is 4. The van der Waals surface area contributed by atoms with Gasteiger partial charge in [0.1, 0.15) is 5.82 Å². The summed E-state index contributed by atoms with van der Waals surface area (Å²) in [5.41, 5.74) is 2.39. The van der Waals surface area contributed by atoms with E-state index in [1.807, 2.05) is 17.5 Å². The van der Waals surface area contributed by atoms with Gasteiger partial charge in [-0.15, -0.1) is 11.3 Å². The molecule has 0 saturated carbocycles. The van der Waals surface area contributed by atoms with Crippen molar-refractivity contribution in [1.82, 2.24) is 15.3 Å². The van der Waals surface area contributed by atoms with E-state index in [0.717, 1.165) is 16.3 Å². The molecule has 0 unspecified atom stereocenters. The average Bonchev–Trinajstić information content (AvgIpc) is 3.05. The molecule has 0 saturated heterocycles. The van der Waals surface area contributed by atoms with Gasteiger partial charge in [-0.05, 0) is 36.4 Å². The highest BCUT2D eigenvalue weighted by molar-refractivity contribution is 7.09. The standard InChI is InChI=1S/C17H14FN3OS/c18-14-3-1-13(2-4-14)17(22)20-10-7-16-21-15(11-23-16)12-5-8-19-9-6-12/h1-6,8-9,11H,7,10H2,(H,20,22). The molecule has 3 rings (SSSR count). The SMILES string of the molecule is O=C(NCCc1nc(-c2ccncc2)cs1)c1ccc(F)cc1. The summed E-state index contributed by atoms with van der Waals surface area (Å²) >= 11 is 1.56. The number of pyridine rings is 1. The van der Waals surface area contributed by atoms with E-state index in [9.17, 15) is 9.18 Å². The molecule has 4 nitrogen and oxygen atoms in total. The third-order valence-corrected chi connectivity index (χ3v) is 4.17. The van der Waals surface area contributed by atoms with Gasteiger partial charge in [-0.2, -0.15) is 0 Å². The molecule has 0 spiro atoms. The van der Waals surface area contributed by atoms with Gasteiger partial charge in [0.05, 0.1) is 10.7 Å². The maximum absolute atomic E-state index is 12.8. The largest absolute Gasteiger partial charge is 0.352 e. The van der Waals surface area contributed by atoms with Crippen LogP contribution in [0.1, 0.15) is 15.4 Å². The topological polar surface area (TPSA) is 54.9 Å². The summed E-state index contributed by atoms with van der Waals surface area (Å²) < 4.78 is 12.8. The minimum atomic E-state index is -0.354. The Hall–Kier alpha value is -2.60. The summed E-state index contributed by atoms with van der Waals surface area (Å²) in [7, 11) is 0. The van der Waals surface area contributed by atoms with E-state index in [4.69, 9.17) is 0 Å². The number of nitrogens with zero attached hydrogens (tertiary/aromatic N) is 2. The highest BCUT2D eigenvalue weighted by Crippen LogP contribution is 2.21. The van der Waals surface area contributed by atoms with Crippen molar-refractivity contribution in [2.45, 2.75) is 6.42 Å². The maximum Gasteiger partial charge on any atom is 0.251 e. The van der Waals surface area contributed by atoms with Crippen LogP contribution < -0.4 is 5.32 Å². The molecular formula is C17H14FN3OS. The van der Waals surface area contributed by atoms with Crippen LogP contribution in [0, 0.1) is 5.82 Å². The zero-order valence-electron chi connectivity index (χ0n) is 12.2. The van der Waals surface area contributed by atoms with E-state index in [0.29, 0.717) is 18.5 Å². The third kappa shape index (κ3) is 3.98. The molecule has 2 aromatic heterocycles. The van der Waals surface area contributed by atoms with Gasteiger partial charge in [0, 0.05) is 41.9 Å². The van der Waals surface area contributed by atoms with Gasteiger partial charge < -0.3 is 5.32 Å². The van der Waals surface area contributed by atoms with Crippen molar-refractivity contribution in [2.24, 2.45) is 0 Å². The van der Waals surface area contributed by atoms with Crippen LogP contribution in [-0.4, -0.2) is 22.4 Å². The Balaban J connectivity index is 1.54.